The smallest absolute Gasteiger partial charge is 0.166 e. The van der Waals surface area contributed by atoms with Crippen molar-refractivity contribution in [2.45, 2.75) is 19.4 Å². The van der Waals surface area contributed by atoms with Crippen molar-refractivity contribution in [2.75, 3.05) is 13.1 Å². The predicted molar refractivity (Wildman–Crippen MR) is 108 cm³/mol. The second-order valence-corrected chi connectivity index (χ2v) is 7.34. The van der Waals surface area contributed by atoms with Gasteiger partial charge in [0.25, 0.3) is 0 Å². The SMILES string of the molecule is O=C(c1ccccc1)C1CCN(Cc2ccnc(-c3ccc(F)cc3)c2)CC1. The van der Waals surface area contributed by atoms with Crippen LogP contribution in [0.3, 0.4) is 0 Å². The lowest BCUT2D eigenvalue weighted by atomic mass is 9.89. The standard InChI is InChI=1S/C24H23FN2O/c25-22-8-6-19(7-9-22)23-16-18(10-13-26-23)17-27-14-11-21(12-15-27)24(28)20-4-2-1-3-5-20/h1-10,13,16,21H,11-12,14-15,17H2. The number of carbonyl (C=O) groups excluding carboxylic acids is 1. The Kier molecular flexibility index (Phi) is 5.58. The molecular formula is C24H23FN2O. The van der Waals surface area contributed by atoms with E-state index in [0.29, 0.717) is 0 Å². The Morgan fingerprint density at radius 3 is 2.43 bits per heavy atom. The lowest BCUT2D eigenvalue weighted by molar-refractivity contribution is 0.0835. The predicted octanol–water partition coefficient (Wildman–Crippen LogP) is 4.98. The summed E-state index contributed by atoms with van der Waals surface area (Å²) in [6.45, 7) is 2.66. The topological polar surface area (TPSA) is 33.2 Å². The van der Waals surface area contributed by atoms with Crippen molar-refractivity contribution >= 4 is 5.78 Å². The van der Waals surface area contributed by atoms with Crippen LogP contribution in [0.5, 0.6) is 0 Å². The fourth-order valence-electron chi connectivity index (χ4n) is 3.80. The zero-order chi connectivity index (χ0) is 19.3. The molecule has 1 saturated heterocycles. The van der Waals surface area contributed by atoms with Crippen LogP contribution in [-0.2, 0) is 6.54 Å². The number of pyridine rings is 1. The van der Waals surface area contributed by atoms with E-state index in [-0.39, 0.29) is 17.5 Å². The molecule has 0 saturated carbocycles. The van der Waals surface area contributed by atoms with Gasteiger partial charge in [0.15, 0.2) is 5.78 Å². The summed E-state index contributed by atoms with van der Waals surface area (Å²) in [4.78, 5) is 19.4. The van der Waals surface area contributed by atoms with Crippen LogP contribution in [0.4, 0.5) is 4.39 Å². The average molecular weight is 374 g/mol. The second-order valence-electron chi connectivity index (χ2n) is 7.34. The van der Waals surface area contributed by atoms with Crippen LogP contribution in [-0.4, -0.2) is 28.8 Å². The monoisotopic (exact) mass is 374 g/mol. The molecular weight excluding hydrogens is 351 g/mol. The van der Waals surface area contributed by atoms with Gasteiger partial charge in [-0.25, -0.2) is 4.39 Å². The van der Waals surface area contributed by atoms with Gasteiger partial charge in [-0.05, 0) is 67.9 Å². The molecule has 0 atom stereocenters. The number of Topliss-reactive ketones (excluding diaryl/α,β-unsaturated/α-hetero) is 1. The maximum Gasteiger partial charge on any atom is 0.166 e. The molecule has 0 unspecified atom stereocenters. The Morgan fingerprint density at radius 1 is 1.00 bits per heavy atom. The van der Waals surface area contributed by atoms with Crippen molar-refractivity contribution in [3.05, 3.63) is 89.9 Å². The van der Waals surface area contributed by atoms with Gasteiger partial charge < -0.3 is 0 Å². The molecule has 0 spiro atoms. The molecule has 4 rings (SSSR count). The molecule has 2 heterocycles. The molecule has 0 radical (unpaired) electrons. The van der Waals surface area contributed by atoms with E-state index in [9.17, 15) is 9.18 Å². The van der Waals surface area contributed by atoms with Crippen molar-refractivity contribution in [3.8, 4) is 11.3 Å². The molecule has 1 fully saturated rings. The summed E-state index contributed by atoms with van der Waals surface area (Å²) in [5.74, 6) is 0.140. The molecule has 142 valence electrons. The minimum atomic E-state index is -0.243. The average Bonchev–Trinajstić information content (AvgIpc) is 2.75. The highest BCUT2D eigenvalue weighted by Gasteiger charge is 2.25. The maximum atomic E-state index is 13.1. The lowest BCUT2D eigenvalue weighted by Gasteiger charge is -2.31. The largest absolute Gasteiger partial charge is 0.299 e. The Morgan fingerprint density at radius 2 is 1.71 bits per heavy atom. The van der Waals surface area contributed by atoms with Gasteiger partial charge in [-0.1, -0.05) is 30.3 Å². The van der Waals surface area contributed by atoms with Gasteiger partial charge in [-0.3, -0.25) is 14.7 Å². The fourth-order valence-corrected chi connectivity index (χ4v) is 3.80. The molecule has 2 aromatic carbocycles. The van der Waals surface area contributed by atoms with Crippen LogP contribution < -0.4 is 0 Å². The maximum absolute atomic E-state index is 13.1. The third-order valence-electron chi connectivity index (χ3n) is 5.39. The minimum Gasteiger partial charge on any atom is -0.299 e. The van der Waals surface area contributed by atoms with Crippen molar-refractivity contribution in [3.63, 3.8) is 0 Å². The van der Waals surface area contributed by atoms with Crippen molar-refractivity contribution in [2.24, 2.45) is 5.92 Å². The number of benzene rings is 2. The number of rotatable bonds is 5. The van der Waals surface area contributed by atoms with Gasteiger partial charge in [-0.15, -0.1) is 0 Å². The van der Waals surface area contributed by atoms with Crippen LogP contribution in [0.25, 0.3) is 11.3 Å². The third-order valence-corrected chi connectivity index (χ3v) is 5.39. The summed E-state index contributed by atoms with van der Waals surface area (Å²) >= 11 is 0. The van der Waals surface area contributed by atoms with Gasteiger partial charge in [0.05, 0.1) is 5.69 Å². The first kappa shape index (κ1) is 18.5. The number of aromatic nitrogens is 1. The second kappa shape index (κ2) is 8.44. The molecule has 1 aromatic heterocycles. The normalized spacial score (nSPS) is 15.5. The number of piperidine rings is 1. The zero-order valence-corrected chi connectivity index (χ0v) is 15.7. The molecule has 4 heteroatoms. The summed E-state index contributed by atoms with van der Waals surface area (Å²) in [5, 5.41) is 0. The highest BCUT2D eigenvalue weighted by Crippen LogP contribution is 2.24. The zero-order valence-electron chi connectivity index (χ0n) is 15.7. The minimum absolute atomic E-state index is 0.117. The Hall–Kier alpha value is -2.85. The highest BCUT2D eigenvalue weighted by atomic mass is 19.1. The van der Waals surface area contributed by atoms with E-state index in [4.69, 9.17) is 0 Å². The van der Waals surface area contributed by atoms with Crippen molar-refractivity contribution in [1.29, 1.82) is 0 Å². The molecule has 3 nitrogen and oxygen atoms in total. The van der Waals surface area contributed by atoms with E-state index in [1.165, 1.54) is 17.7 Å². The van der Waals surface area contributed by atoms with E-state index in [1.54, 1.807) is 18.3 Å². The number of carbonyl (C=O) groups is 1. The van der Waals surface area contributed by atoms with Crippen LogP contribution in [0.2, 0.25) is 0 Å². The van der Waals surface area contributed by atoms with E-state index in [2.05, 4.69) is 16.0 Å². The number of halogens is 1. The number of nitrogens with zero attached hydrogens (tertiary/aromatic N) is 2. The van der Waals surface area contributed by atoms with Gasteiger partial charge in [0.1, 0.15) is 5.82 Å². The lowest BCUT2D eigenvalue weighted by Crippen LogP contribution is -2.36. The van der Waals surface area contributed by atoms with Crippen LogP contribution in [0.1, 0.15) is 28.8 Å². The first-order valence-corrected chi connectivity index (χ1v) is 9.71. The van der Waals surface area contributed by atoms with E-state index in [0.717, 1.165) is 49.3 Å². The molecule has 3 aromatic rings. The van der Waals surface area contributed by atoms with E-state index >= 15 is 0 Å². The first-order chi connectivity index (χ1) is 13.7. The number of hydrogen-bond acceptors (Lipinski definition) is 3. The van der Waals surface area contributed by atoms with Crippen LogP contribution in [0, 0.1) is 11.7 Å². The van der Waals surface area contributed by atoms with Gasteiger partial charge in [0, 0.05) is 29.8 Å². The summed E-state index contributed by atoms with van der Waals surface area (Å²) in [6, 6.07) is 20.1. The summed E-state index contributed by atoms with van der Waals surface area (Å²) in [5.41, 5.74) is 3.77. The molecule has 0 bridgehead atoms. The van der Waals surface area contributed by atoms with E-state index in [1.807, 2.05) is 36.4 Å². The molecule has 0 N–H and O–H groups in total. The molecule has 1 aliphatic rings. The summed E-state index contributed by atoms with van der Waals surface area (Å²) in [6.07, 6.45) is 3.59. The number of hydrogen-bond donors (Lipinski definition) is 0. The number of likely N-dealkylation sites (tertiary alicyclic amines) is 1. The van der Waals surface area contributed by atoms with Gasteiger partial charge in [0.2, 0.25) is 0 Å². The fraction of sp³-hybridized carbons (Fsp3) is 0.250. The Labute approximate surface area is 164 Å². The third kappa shape index (κ3) is 4.34. The van der Waals surface area contributed by atoms with Gasteiger partial charge in [-0.2, -0.15) is 0 Å². The molecule has 0 aliphatic carbocycles. The molecule has 1 aliphatic heterocycles. The van der Waals surface area contributed by atoms with Crippen molar-refractivity contribution < 1.29 is 9.18 Å². The highest BCUT2D eigenvalue weighted by molar-refractivity contribution is 5.97. The van der Waals surface area contributed by atoms with Crippen molar-refractivity contribution in [1.82, 2.24) is 9.88 Å². The van der Waals surface area contributed by atoms with Crippen LogP contribution >= 0.6 is 0 Å². The molecule has 28 heavy (non-hydrogen) atoms. The quantitative estimate of drug-likeness (QED) is 0.591. The first-order valence-electron chi connectivity index (χ1n) is 9.71. The number of ketones is 1. The summed E-state index contributed by atoms with van der Waals surface area (Å²) in [7, 11) is 0. The molecule has 0 amide bonds. The van der Waals surface area contributed by atoms with E-state index < -0.39 is 0 Å². The Bertz CT molecular complexity index is 932. The van der Waals surface area contributed by atoms with Crippen LogP contribution in [0.15, 0.2) is 72.9 Å². The van der Waals surface area contributed by atoms with Gasteiger partial charge >= 0.3 is 0 Å². The Balaban J connectivity index is 1.37. The summed E-state index contributed by atoms with van der Waals surface area (Å²) < 4.78 is 13.1.